The molecule has 0 aliphatic carbocycles. The number of allylic oxidation sites excluding steroid dienone is 4. The Bertz CT molecular complexity index is 1560. The quantitative estimate of drug-likeness (QED) is 0.0705. The first kappa shape index (κ1) is 33.1. The maximum atomic E-state index is 11.8. The molecule has 0 aliphatic heterocycles. The minimum atomic E-state index is -0.502. The zero-order valence-corrected chi connectivity index (χ0v) is 25.5. The van der Waals surface area contributed by atoms with Crippen LogP contribution in [-0.4, -0.2) is 28.2 Å². The Kier molecular flexibility index (Phi) is 13.9. The van der Waals surface area contributed by atoms with Crippen molar-refractivity contribution >= 4 is 17.4 Å². The van der Waals surface area contributed by atoms with Gasteiger partial charge in [-0.15, -0.1) is 29.8 Å². The number of aliphatic hydroxyl groups is 1. The van der Waals surface area contributed by atoms with Gasteiger partial charge in [0.25, 0.3) is 0 Å². The first-order valence-corrected chi connectivity index (χ1v) is 12.3. The number of aliphatic hydroxyl groups excluding tert-OH is 1. The maximum Gasteiger partial charge on any atom is 0.322 e. The topological polar surface area (TPSA) is 133 Å². The molecule has 4 rings (SSSR count). The predicted octanol–water partition coefficient (Wildman–Crippen LogP) is 6.69. The standard InChI is InChI=1S/C17H14N2O3.C15H15N3O.Os/c1-22-17(21)14-10-12(15(18)5-4-8-20)9-13(11-14)16-6-2-3-7-19-16;1-18-11-5-3-8-14(18)13(16)7-6-12-19-15-9-2-4-10-17-15;/h2-8,10-11,18,20H,1H3;2-12,16H,1H3;/q-2;;/b8-4-,15-5-;12-6-,13-7-;. The number of aryl methyl sites for hydroxylation is 1. The van der Waals surface area contributed by atoms with Gasteiger partial charge >= 0.3 is 5.97 Å². The van der Waals surface area contributed by atoms with E-state index in [9.17, 15) is 4.79 Å². The van der Waals surface area contributed by atoms with Crippen molar-refractivity contribution in [3.8, 4) is 17.1 Å². The van der Waals surface area contributed by atoms with Crippen molar-refractivity contribution < 1.29 is 43.7 Å². The number of benzene rings is 1. The molecule has 0 amide bonds. The van der Waals surface area contributed by atoms with Gasteiger partial charge in [0.05, 0.1) is 19.6 Å². The molecule has 0 saturated carbocycles. The molecule has 0 radical (unpaired) electrons. The Balaban J connectivity index is 0.000000289. The molecule has 3 aromatic heterocycles. The van der Waals surface area contributed by atoms with Gasteiger partial charge in [-0.1, -0.05) is 35.5 Å². The van der Waals surface area contributed by atoms with Crippen molar-refractivity contribution in [1.82, 2.24) is 9.97 Å². The Morgan fingerprint density at radius 3 is 2.31 bits per heavy atom. The van der Waals surface area contributed by atoms with Crippen LogP contribution in [0.3, 0.4) is 0 Å². The summed E-state index contributed by atoms with van der Waals surface area (Å²) < 4.78 is 11.9. The molecule has 216 valence electrons. The number of hydrogen-bond acceptors (Lipinski definition) is 6. The van der Waals surface area contributed by atoms with Crippen molar-refractivity contribution in [1.29, 1.82) is 0 Å². The minimum absolute atomic E-state index is 0. The van der Waals surface area contributed by atoms with Gasteiger partial charge in [0.2, 0.25) is 5.88 Å². The SMILES string of the molecule is COC(=O)c1cc(/C([NH-])=C/C=C\O)[c-]c(-c2ccccn2)c1.C[n+]1ccccc1/C([NH-])=C/C=C\Oc1ccccn1.[Os]. The molecule has 3 heterocycles. The normalized spacial score (nSPS) is 11.4. The summed E-state index contributed by atoms with van der Waals surface area (Å²) in [4.78, 5) is 20.0. The van der Waals surface area contributed by atoms with Crippen molar-refractivity contribution in [2.24, 2.45) is 7.05 Å². The Morgan fingerprint density at radius 1 is 0.952 bits per heavy atom. The number of carbonyl (C=O) groups is 1. The van der Waals surface area contributed by atoms with Crippen molar-refractivity contribution in [3.05, 3.63) is 157 Å². The van der Waals surface area contributed by atoms with E-state index in [-0.39, 0.29) is 25.5 Å². The van der Waals surface area contributed by atoms with Crippen LogP contribution in [0.4, 0.5) is 0 Å². The van der Waals surface area contributed by atoms with E-state index in [0.29, 0.717) is 34.0 Å². The van der Waals surface area contributed by atoms with Crippen molar-refractivity contribution in [2.45, 2.75) is 0 Å². The second kappa shape index (κ2) is 17.6. The van der Waals surface area contributed by atoms with E-state index in [1.165, 1.54) is 31.6 Å². The van der Waals surface area contributed by atoms with Crippen LogP contribution in [0.5, 0.6) is 5.88 Å². The van der Waals surface area contributed by atoms with Crippen molar-refractivity contribution in [2.75, 3.05) is 7.11 Å². The molecular formula is C32H29N5O4Os-2. The summed E-state index contributed by atoms with van der Waals surface area (Å²) in [6, 6.07) is 22.8. The number of nitrogens with zero attached hydrogens (tertiary/aromatic N) is 3. The molecule has 1 aromatic carbocycles. The fourth-order valence-electron chi connectivity index (χ4n) is 3.39. The third kappa shape index (κ3) is 10.2. The van der Waals surface area contributed by atoms with Gasteiger partial charge in [-0.05, 0) is 35.9 Å². The van der Waals surface area contributed by atoms with Gasteiger partial charge in [0, 0.05) is 56.1 Å². The summed E-state index contributed by atoms with van der Waals surface area (Å²) in [5, 5.41) is 8.67. The molecule has 0 saturated heterocycles. The largest absolute Gasteiger partial charge is 0.733 e. The second-order valence-corrected chi connectivity index (χ2v) is 8.22. The number of carbonyl (C=O) groups excluding carboxylic acids is 1. The third-order valence-electron chi connectivity index (χ3n) is 5.37. The minimum Gasteiger partial charge on any atom is -0.733 e. The zero-order valence-electron chi connectivity index (χ0n) is 22.9. The van der Waals surface area contributed by atoms with Gasteiger partial charge in [-0.3, -0.25) is 4.98 Å². The van der Waals surface area contributed by atoms with Gasteiger partial charge in [0.1, 0.15) is 7.05 Å². The first-order valence-electron chi connectivity index (χ1n) is 12.3. The fourth-order valence-corrected chi connectivity index (χ4v) is 3.39. The van der Waals surface area contributed by atoms with E-state index in [2.05, 4.69) is 16.0 Å². The summed E-state index contributed by atoms with van der Waals surface area (Å²) >= 11 is 0. The molecule has 0 spiro atoms. The Labute approximate surface area is 258 Å². The molecular weight excluding hydrogens is 709 g/mol. The molecule has 0 atom stereocenters. The molecule has 0 bridgehead atoms. The van der Waals surface area contributed by atoms with Gasteiger partial charge in [-0.25, -0.2) is 20.0 Å². The number of methoxy groups -OCH3 is 1. The average Bonchev–Trinajstić information content (AvgIpc) is 3.02. The molecule has 0 fully saturated rings. The van der Waals surface area contributed by atoms with Gasteiger partial charge < -0.3 is 26.0 Å². The van der Waals surface area contributed by atoms with Crippen LogP contribution in [0.25, 0.3) is 34.1 Å². The Morgan fingerprint density at radius 2 is 1.67 bits per heavy atom. The number of nitrogens with one attached hydrogen (secondary N) is 2. The zero-order chi connectivity index (χ0) is 29.5. The van der Waals surface area contributed by atoms with Gasteiger partial charge in [-0.2, -0.15) is 0 Å². The number of aromatic nitrogens is 3. The number of rotatable bonds is 8. The van der Waals surface area contributed by atoms with Crippen LogP contribution in [0.1, 0.15) is 21.6 Å². The first-order chi connectivity index (χ1) is 19.9. The summed E-state index contributed by atoms with van der Waals surface area (Å²) in [5.74, 6) is 0.0295. The number of ether oxygens (including phenoxy) is 2. The van der Waals surface area contributed by atoms with E-state index in [4.69, 9.17) is 26.0 Å². The van der Waals surface area contributed by atoms with Crippen LogP contribution >= 0.6 is 0 Å². The van der Waals surface area contributed by atoms with Gasteiger partial charge in [0.15, 0.2) is 11.9 Å². The second-order valence-electron chi connectivity index (χ2n) is 8.22. The van der Waals surface area contributed by atoms with Crippen LogP contribution in [0.15, 0.2) is 122 Å². The monoisotopic (exact) mass is 739 g/mol. The van der Waals surface area contributed by atoms with Crippen LogP contribution in [-0.2, 0) is 31.6 Å². The smallest absolute Gasteiger partial charge is 0.322 e. The van der Waals surface area contributed by atoms with E-state index >= 15 is 0 Å². The summed E-state index contributed by atoms with van der Waals surface area (Å²) in [6.45, 7) is 0. The number of hydrogen-bond donors (Lipinski definition) is 1. The summed E-state index contributed by atoms with van der Waals surface area (Å²) in [6.07, 6.45) is 13.6. The molecule has 0 aliphatic rings. The van der Waals surface area contributed by atoms with E-state index in [1.54, 1.807) is 48.8 Å². The van der Waals surface area contributed by atoms with E-state index in [0.717, 1.165) is 12.0 Å². The summed E-state index contributed by atoms with van der Waals surface area (Å²) in [5.41, 5.74) is 19.2. The van der Waals surface area contributed by atoms with Crippen LogP contribution in [0.2, 0.25) is 0 Å². The molecule has 4 aromatic rings. The fraction of sp³-hybridized carbons (Fsp3) is 0.0625. The molecule has 42 heavy (non-hydrogen) atoms. The molecule has 0 unspecified atom stereocenters. The van der Waals surface area contributed by atoms with Crippen LogP contribution < -0.4 is 9.30 Å². The summed E-state index contributed by atoms with van der Waals surface area (Å²) in [7, 11) is 3.21. The van der Waals surface area contributed by atoms with Crippen molar-refractivity contribution in [3.63, 3.8) is 0 Å². The molecule has 10 heteroatoms. The Hall–Kier alpha value is -5.06. The predicted molar refractivity (Wildman–Crippen MR) is 158 cm³/mol. The van der Waals surface area contributed by atoms with E-state index in [1.807, 2.05) is 54.2 Å². The molecule has 3 N–H and O–H groups in total. The maximum absolute atomic E-state index is 11.8. The average molecular weight is 738 g/mol. The number of esters is 1. The van der Waals surface area contributed by atoms with E-state index < -0.39 is 5.97 Å². The number of pyridine rings is 3. The molecule has 9 nitrogen and oxygen atoms in total. The third-order valence-corrected chi connectivity index (χ3v) is 5.37. The van der Waals surface area contributed by atoms with Crippen LogP contribution in [0, 0.1) is 6.07 Å².